The van der Waals surface area contributed by atoms with E-state index < -0.39 is 11.9 Å². The van der Waals surface area contributed by atoms with Crippen LogP contribution >= 0.6 is 0 Å². The minimum atomic E-state index is -0.577. The zero-order chi connectivity index (χ0) is 13.1. The molecule has 94 valence electrons. The standard InChI is InChI=1S/C12H16O5/c1-3-8-17-12(15)10(2)5-4-6-11(14)16-9-7-13/h3-4,6,13H,1-2,5,7-9H2. The summed E-state index contributed by atoms with van der Waals surface area (Å²) in [7, 11) is 0. The molecule has 0 atom stereocenters. The van der Waals surface area contributed by atoms with Gasteiger partial charge in [0.05, 0.1) is 6.61 Å². The maximum absolute atomic E-state index is 11.2. The average Bonchev–Trinajstić information content (AvgIpc) is 2.33. The molecule has 0 saturated carbocycles. The number of carbonyl (C=O) groups excluding carboxylic acids is 2. The van der Waals surface area contributed by atoms with Gasteiger partial charge in [0.15, 0.2) is 0 Å². The van der Waals surface area contributed by atoms with Gasteiger partial charge in [0.2, 0.25) is 0 Å². The third-order valence-corrected chi connectivity index (χ3v) is 1.57. The molecule has 0 unspecified atom stereocenters. The van der Waals surface area contributed by atoms with Gasteiger partial charge in [0.1, 0.15) is 13.2 Å². The van der Waals surface area contributed by atoms with Crippen LogP contribution in [0.3, 0.4) is 0 Å². The molecule has 5 nitrogen and oxygen atoms in total. The minimum absolute atomic E-state index is 0.0501. The number of allylic oxidation sites excluding steroid dienone is 1. The summed E-state index contributed by atoms with van der Waals surface area (Å²) in [6.45, 7) is 6.77. The lowest BCUT2D eigenvalue weighted by Gasteiger charge is -2.02. The molecule has 0 bridgehead atoms. The summed E-state index contributed by atoms with van der Waals surface area (Å²) in [6, 6.07) is 0. The van der Waals surface area contributed by atoms with Gasteiger partial charge in [0.25, 0.3) is 0 Å². The molecule has 0 aliphatic rings. The van der Waals surface area contributed by atoms with Gasteiger partial charge in [-0.15, -0.1) is 0 Å². The van der Waals surface area contributed by atoms with Crippen LogP contribution < -0.4 is 0 Å². The highest BCUT2D eigenvalue weighted by Crippen LogP contribution is 2.02. The van der Waals surface area contributed by atoms with E-state index in [1.165, 1.54) is 18.2 Å². The first-order valence-corrected chi connectivity index (χ1v) is 5.01. The van der Waals surface area contributed by atoms with Crippen molar-refractivity contribution in [2.75, 3.05) is 19.8 Å². The van der Waals surface area contributed by atoms with Crippen molar-refractivity contribution in [2.24, 2.45) is 0 Å². The number of hydrogen-bond donors (Lipinski definition) is 1. The Hall–Kier alpha value is -1.88. The molecule has 0 heterocycles. The Balaban J connectivity index is 3.89. The molecule has 5 heteroatoms. The van der Waals surface area contributed by atoms with E-state index in [2.05, 4.69) is 17.9 Å². The Morgan fingerprint density at radius 1 is 1.29 bits per heavy atom. The summed E-state index contributed by atoms with van der Waals surface area (Å²) >= 11 is 0. The van der Waals surface area contributed by atoms with E-state index in [0.717, 1.165) is 0 Å². The van der Waals surface area contributed by atoms with Crippen LogP contribution in [0.25, 0.3) is 0 Å². The second-order valence-corrected chi connectivity index (χ2v) is 2.99. The molecule has 0 saturated heterocycles. The van der Waals surface area contributed by atoms with Crippen molar-refractivity contribution in [2.45, 2.75) is 6.42 Å². The van der Waals surface area contributed by atoms with Crippen LogP contribution in [0.5, 0.6) is 0 Å². The van der Waals surface area contributed by atoms with Crippen molar-refractivity contribution in [3.63, 3.8) is 0 Å². The summed E-state index contributed by atoms with van der Waals surface area (Å²) in [5.74, 6) is -1.11. The Labute approximate surface area is 100 Å². The molecule has 0 aromatic heterocycles. The molecule has 0 aliphatic carbocycles. The largest absolute Gasteiger partial charge is 0.460 e. The summed E-state index contributed by atoms with van der Waals surface area (Å²) < 4.78 is 9.30. The number of aliphatic hydroxyl groups is 1. The zero-order valence-electron chi connectivity index (χ0n) is 9.55. The third kappa shape index (κ3) is 7.98. The number of carbonyl (C=O) groups is 2. The molecular weight excluding hydrogens is 224 g/mol. The first-order chi connectivity index (χ1) is 8.11. The second kappa shape index (κ2) is 9.35. The first-order valence-electron chi connectivity index (χ1n) is 5.01. The van der Waals surface area contributed by atoms with Gasteiger partial charge in [-0.25, -0.2) is 9.59 Å². The number of rotatable bonds is 8. The lowest BCUT2D eigenvalue weighted by molar-refractivity contribution is -0.139. The molecule has 0 amide bonds. The molecule has 0 rings (SSSR count). The molecule has 17 heavy (non-hydrogen) atoms. The van der Waals surface area contributed by atoms with E-state index in [-0.39, 0.29) is 31.8 Å². The van der Waals surface area contributed by atoms with Crippen molar-refractivity contribution in [3.8, 4) is 0 Å². The van der Waals surface area contributed by atoms with Crippen LogP contribution in [0.2, 0.25) is 0 Å². The van der Waals surface area contributed by atoms with Gasteiger partial charge in [-0.05, 0) is 6.42 Å². The summed E-state index contributed by atoms with van der Waals surface area (Å²) in [5.41, 5.74) is 0.234. The maximum Gasteiger partial charge on any atom is 0.334 e. The average molecular weight is 240 g/mol. The number of hydrogen-bond acceptors (Lipinski definition) is 5. The molecule has 0 aliphatic heterocycles. The van der Waals surface area contributed by atoms with Gasteiger partial charge in [-0.1, -0.05) is 25.3 Å². The van der Waals surface area contributed by atoms with Gasteiger partial charge in [-0.3, -0.25) is 0 Å². The summed E-state index contributed by atoms with van der Waals surface area (Å²) in [6.07, 6.45) is 4.26. The number of ether oxygens (including phenoxy) is 2. The molecular formula is C12H16O5. The fourth-order valence-corrected chi connectivity index (χ4v) is 0.812. The van der Waals surface area contributed by atoms with Crippen LogP contribution in [0.4, 0.5) is 0 Å². The van der Waals surface area contributed by atoms with Crippen LogP contribution in [-0.4, -0.2) is 36.9 Å². The highest BCUT2D eigenvalue weighted by molar-refractivity contribution is 5.88. The lowest BCUT2D eigenvalue weighted by Crippen LogP contribution is -2.07. The summed E-state index contributed by atoms with van der Waals surface area (Å²) in [5, 5.41) is 8.40. The smallest absolute Gasteiger partial charge is 0.334 e. The highest BCUT2D eigenvalue weighted by atomic mass is 16.5. The quantitative estimate of drug-likeness (QED) is 0.385. The van der Waals surface area contributed by atoms with E-state index >= 15 is 0 Å². The van der Waals surface area contributed by atoms with Crippen LogP contribution in [0.15, 0.2) is 37.0 Å². The van der Waals surface area contributed by atoms with Gasteiger partial charge in [-0.2, -0.15) is 0 Å². The Morgan fingerprint density at radius 2 is 2.00 bits per heavy atom. The highest BCUT2D eigenvalue weighted by Gasteiger charge is 2.05. The normalized spacial score (nSPS) is 9.94. The molecule has 0 radical (unpaired) electrons. The van der Waals surface area contributed by atoms with E-state index in [9.17, 15) is 9.59 Å². The van der Waals surface area contributed by atoms with Gasteiger partial charge < -0.3 is 14.6 Å². The third-order valence-electron chi connectivity index (χ3n) is 1.57. The number of esters is 2. The zero-order valence-corrected chi connectivity index (χ0v) is 9.55. The minimum Gasteiger partial charge on any atom is -0.460 e. The predicted octanol–water partition coefficient (Wildman–Crippen LogP) is 0.754. The van der Waals surface area contributed by atoms with Crippen molar-refractivity contribution in [1.82, 2.24) is 0 Å². The monoisotopic (exact) mass is 240 g/mol. The van der Waals surface area contributed by atoms with Crippen LogP contribution in [-0.2, 0) is 19.1 Å². The summed E-state index contributed by atoms with van der Waals surface area (Å²) in [4.78, 5) is 22.1. The van der Waals surface area contributed by atoms with Crippen LogP contribution in [0, 0.1) is 0 Å². The van der Waals surface area contributed by atoms with E-state index in [4.69, 9.17) is 9.84 Å². The molecule has 1 N–H and O–H groups in total. The van der Waals surface area contributed by atoms with Gasteiger partial charge >= 0.3 is 11.9 Å². The molecule has 0 spiro atoms. The fraction of sp³-hybridized carbons (Fsp3) is 0.333. The molecule has 0 aromatic carbocycles. The Kier molecular flexibility index (Phi) is 8.32. The SMILES string of the molecule is C=CCOC(=O)C(=C)CC=CC(=O)OCCO. The maximum atomic E-state index is 11.2. The topological polar surface area (TPSA) is 72.8 Å². The van der Waals surface area contributed by atoms with E-state index in [1.54, 1.807) is 0 Å². The molecule has 0 fully saturated rings. The van der Waals surface area contributed by atoms with Crippen molar-refractivity contribution < 1.29 is 24.2 Å². The lowest BCUT2D eigenvalue weighted by atomic mass is 10.2. The van der Waals surface area contributed by atoms with Crippen molar-refractivity contribution in [1.29, 1.82) is 0 Å². The second-order valence-electron chi connectivity index (χ2n) is 2.99. The predicted molar refractivity (Wildman–Crippen MR) is 62.1 cm³/mol. The number of aliphatic hydroxyl groups excluding tert-OH is 1. The Bertz CT molecular complexity index is 317. The Morgan fingerprint density at radius 3 is 2.59 bits per heavy atom. The van der Waals surface area contributed by atoms with Crippen LogP contribution in [0.1, 0.15) is 6.42 Å². The van der Waals surface area contributed by atoms with Crippen molar-refractivity contribution >= 4 is 11.9 Å². The van der Waals surface area contributed by atoms with Gasteiger partial charge in [0, 0.05) is 11.6 Å². The fourth-order valence-electron chi connectivity index (χ4n) is 0.812. The first kappa shape index (κ1) is 15.1. The van der Waals surface area contributed by atoms with Crippen molar-refractivity contribution in [3.05, 3.63) is 37.0 Å². The van der Waals surface area contributed by atoms with E-state index in [1.807, 2.05) is 0 Å². The van der Waals surface area contributed by atoms with E-state index in [0.29, 0.717) is 0 Å². The molecule has 0 aromatic rings.